The van der Waals surface area contributed by atoms with Crippen molar-refractivity contribution in [3.05, 3.63) is 57.9 Å². The maximum atomic E-state index is 13.9. The number of hydrogen-bond acceptors (Lipinski definition) is 4. The van der Waals surface area contributed by atoms with Gasteiger partial charge in [0.25, 0.3) is 0 Å². The number of aliphatic hydroxyl groups is 1. The van der Waals surface area contributed by atoms with Gasteiger partial charge in [0, 0.05) is 24.2 Å². The van der Waals surface area contributed by atoms with E-state index in [4.69, 9.17) is 11.6 Å². The molecule has 3 aromatic rings. The third-order valence-corrected chi connectivity index (χ3v) is 8.31. The number of halogens is 3. The van der Waals surface area contributed by atoms with Crippen molar-refractivity contribution in [1.82, 2.24) is 14.3 Å². The molecule has 31 heavy (non-hydrogen) atoms. The summed E-state index contributed by atoms with van der Waals surface area (Å²) in [5.41, 5.74) is 1.76. The fraction of sp³-hybridized carbons (Fsp3) is 0.286. The molecule has 1 aromatic heterocycles. The Hall–Kier alpha value is -1.78. The summed E-state index contributed by atoms with van der Waals surface area (Å²) in [5, 5.41) is 9.95. The molecule has 0 radical (unpaired) electrons. The van der Waals surface area contributed by atoms with E-state index in [2.05, 4.69) is 25.9 Å². The summed E-state index contributed by atoms with van der Waals surface area (Å²) < 4.78 is 42.1. The van der Waals surface area contributed by atoms with Crippen LogP contribution in [0.25, 0.3) is 22.6 Å². The minimum absolute atomic E-state index is 0.00399. The molecule has 1 aliphatic rings. The zero-order valence-corrected chi connectivity index (χ0v) is 19.5. The van der Waals surface area contributed by atoms with Gasteiger partial charge >= 0.3 is 0 Å². The van der Waals surface area contributed by atoms with Crippen LogP contribution in [0.4, 0.5) is 4.39 Å². The first-order chi connectivity index (χ1) is 14.8. The van der Waals surface area contributed by atoms with Crippen LogP contribution in [0.15, 0.2) is 52.0 Å². The molecule has 0 bridgehead atoms. The van der Waals surface area contributed by atoms with Gasteiger partial charge in [-0.05, 0) is 65.5 Å². The highest BCUT2D eigenvalue weighted by atomic mass is 79.9. The number of imidazole rings is 1. The molecule has 4 rings (SSSR count). The van der Waals surface area contributed by atoms with Gasteiger partial charge in [0.05, 0.1) is 27.5 Å². The van der Waals surface area contributed by atoms with Gasteiger partial charge in [-0.3, -0.25) is 0 Å². The number of aromatic amines is 1. The van der Waals surface area contributed by atoms with E-state index < -0.39 is 21.9 Å². The number of aliphatic hydroxyl groups excluding tert-OH is 1. The first-order valence-electron chi connectivity index (χ1n) is 9.74. The molecule has 0 unspecified atom stereocenters. The molecule has 6 nitrogen and oxygen atoms in total. The smallest absolute Gasteiger partial charge is 0.244 e. The van der Waals surface area contributed by atoms with E-state index in [9.17, 15) is 17.9 Å². The highest BCUT2D eigenvalue weighted by Gasteiger charge is 2.29. The molecule has 1 aliphatic heterocycles. The van der Waals surface area contributed by atoms with Gasteiger partial charge in [0.1, 0.15) is 16.5 Å². The van der Waals surface area contributed by atoms with Crippen LogP contribution in [0, 0.1) is 5.82 Å². The zero-order chi connectivity index (χ0) is 22.2. The van der Waals surface area contributed by atoms with Crippen molar-refractivity contribution in [3.63, 3.8) is 0 Å². The second-order valence-electron chi connectivity index (χ2n) is 7.41. The molecule has 1 atom stereocenters. The highest BCUT2D eigenvalue weighted by molar-refractivity contribution is 9.10. The topological polar surface area (TPSA) is 86.3 Å². The monoisotopic (exact) mass is 527 g/mol. The lowest BCUT2D eigenvalue weighted by molar-refractivity contribution is 0.159. The number of nitrogens with zero attached hydrogens (tertiary/aromatic N) is 2. The number of aromatic nitrogens is 2. The van der Waals surface area contributed by atoms with Gasteiger partial charge in [-0.1, -0.05) is 17.7 Å². The molecule has 0 saturated carbocycles. The Morgan fingerprint density at radius 1 is 1.16 bits per heavy atom. The summed E-state index contributed by atoms with van der Waals surface area (Å²) in [6.07, 6.45) is 2.62. The largest absolute Gasteiger partial charge is 0.393 e. The molecule has 10 heteroatoms. The van der Waals surface area contributed by atoms with Crippen molar-refractivity contribution in [2.75, 3.05) is 13.1 Å². The predicted molar refractivity (Wildman–Crippen MR) is 121 cm³/mol. The maximum Gasteiger partial charge on any atom is 0.244 e. The molecule has 2 aromatic carbocycles. The molecule has 164 valence electrons. The van der Waals surface area contributed by atoms with Crippen LogP contribution in [0.5, 0.6) is 0 Å². The van der Waals surface area contributed by atoms with Gasteiger partial charge in [-0.15, -0.1) is 0 Å². The van der Waals surface area contributed by atoms with Crippen molar-refractivity contribution in [2.45, 2.75) is 30.3 Å². The molecule has 0 aliphatic carbocycles. The summed E-state index contributed by atoms with van der Waals surface area (Å²) in [5.74, 6) is 0.0498. The van der Waals surface area contributed by atoms with Crippen LogP contribution in [0.1, 0.15) is 19.3 Å². The molecular weight excluding hydrogens is 509 g/mol. The van der Waals surface area contributed by atoms with Gasteiger partial charge in [-0.2, -0.15) is 4.31 Å². The minimum atomic E-state index is -3.83. The second-order valence-corrected chi connectivity index (χ2v) is 10.6. The van der Waals surface area contributed by atoms with Gasteiger partial charge in [0.15, 0.2) is 0 Å². The minimum Gasteiger partial charge on any atom is -0.393 e. The first kappa shape index (κ1) is 22.4. The first-order valence-corrected chi connectivity index (χ1v) is 12.4. The van der Waals surface area contributed by atoms with E-state index in [0.29, 0.717) is 52.9 Å². The normalized spacial score (nSPS) is 18.1. The summed E-state index contributed by atoms with van der Waals surface area (Å²) in [6.45, 7) is 0.573. The van der Waals surface area contributed by atoms with Crippen molar-refractivity contribution < 1.29 is 17.9 Å². The summed E-state index contributed by atoms with van der Waals surface area (Å²) >= 11 is 9.39. The molecular formula is C21H20BrClFN3O3S. The van der Waals surface area contributed by atoms with Crippen molar-refractivity contribution in [1.29, 1.82) is 0 Å². The van der Waals surface area contributed by atoms with E-state index in [0.717, 1.165) is 0 Å². The molecule has 0 amide bonds. The molecule has 1 fully saturated rings. The lowest BCUT2D eigenvalue weighted by Crippen LogP contribution is -2.32. The van der Waals surface area contributed by atoms with Gasteiger partial charge in [0.2, 0.25) is 10.0 Å². The lowest BCUT2D eigenvalue weighted by Gasteiger charge is -2.21. The van der Waals surface area contributed by atoms with E-state index in [1.54, 1.807) is 24.4 Å². The van der Waals surface area contributed by atoms with E-state index in [1.807, 2.05) is 0 Å². The van der Waals surface area contributed by atoms with E-state index >= 15 is 0 Å². The van der Waals surface area contributed by atoms with Crippen molar-refractivity contribution in [3.8, 4) is 22.6 Å². The van der Waals surface area contributed by atoms with Crippen LogP contribution >= 0.6 is 27.5 Å². The molecule has 2 N–H and O–H groups in total. The average molecular weight is 529 g/mol. The number of benzene rings is 2. The predicted octanol–water partition coefficient (Wildman–Crippen LogP) is 4.83. The Morgan fingerprint density at radius 3 is 2.71 bits per heavy atom. The average Bonchev–Trinajstić information content (AvgIpc) is 3.12. The van der Waals surface area contributed by atoms with Crippen LogP contribution < -0.4 is 0 Å². The summed E-state index contributed by atoms with van der Waals surface area (Å²) in [4.78, 5) is 7.44. The second kappa shape index (κ2) is 8.99. The highest BCUT2D eigenvalue weighted by Crippen LogP contribution is 2.31. The van der Waals surface area contributed by atoms with Crippen LogP contribution in [-0.2, 0) is 10.0 Å². The van der Waals surface area contributed by atoms with Crippen molar-refractivity contribution in [2.24, 2.45) is 0 Å². The Morgan fingerprint density at radius 2 is 1.94 bits per heavy atom. The standard InChI is InChI=1S/C21H20BrClFN3O3S/c22-16-5-3-13(10-18(16)24)19-12-25-21(26-19)14-4-6-17(23)20(11-14)31(29,30)27-8-1-2-15(28)7-9-27/h3-6,10-12,15,28H,1-2,7-9H2,(H,25,26)/t15-/m1/s1. The number of rotatable bonds is 4. The number of sulfonamides is 1. The Bertz CT molecular complexity index is 1220. The molecule has 0 spiro atoms. The maximum absolute atomic E-state index is 13.9. The number of nitrogens with one attached hydrogen (secondary N) is 1. The van der Waals surface area contributed by atoms with E-state index in [-0.39, 0.29) is 16.5 Å². The van der Waals surface area contributed by atoms with E-state index in [1.165, 1.54) is 22.5 Å². The summed E-state index contributed by atoms with van der Waals surface area (Å²) in [6, 6.07) is 9.43. The number of hydrogen-bond donors (Lipinski definition) is 2. The third-order valence-electron chi connectivity index (χ3n) is 5.29. The molecule has 1 saturated heterocycles. The Kier molecular flexibility index (Phi) is 6.50. The van der Waals surface area contributed by atoms with Gasteiger partial charge < -0.3 is 10.1 Å². The van der Waals surface area contributed by atoms with Crippen LogP contribution in [0.2, 0.25) is 5.02 Å². The Balaban J connectivity index is 1.67. The SMILES string of the molecule is O=S(=O)(c1cc(-c2ncc(-c3ccc(Br)c(F)c3)[nH]2)ccc1Cl)N1CCC[C@@H](O)CC1. The fourth-order valence-corrected chi connectivity index (χ4v) is 5.80. The van der Waals surface area contributed by atoms with Crippen molar-refractivity contribution >= 4 is 37.6 Å². The third kappa shape index (κ3) is 4.70. The van der Waals surface area contributed by atoms with Gasteiger partial charge in [-0.25, -0.2) is 17.8 Å². The fourth-order valence-electron chi connectivity index (χ4n) is 3.56. The quantitative estimate of drug-likeness (QED) is 0.508. The zero-order valence-electron chi connectivity index (χ0n) is 16.4. The van der Waals surface area contributed by atoms with Crippen LogP contribution in [0.3, 0.4) is 0 Å². The molecule has 2 heterocycles. The Labute approximate surface area is 193 Å². The summed E-state index contributed by atoms with van der Waals surface area (Å²) in [7, 11) is -3.83. The lowest BCUT2D eigenvalue weighted by atomic mass is 10.2. The number of H-pyrrole nitrogens is 1. The van der Waals surface area contributed by atoms with Crippen LogP contribution in [-0.4, -0.2) is 47.0 Å².